The van der Waals surface area contributed by atoms with Crippen molar-refractivity contribution in [3.8, 4) is 0 Å². The monoisotopic (exact) mass is 382 g/mol. The molecule has 2 heterocycles. The van der Waals surface area contributed by atoms with Crippen LogP contribution < -0.4 is 9.80 Å². The van der Waals surface area contributed by atoms with E-state index in [-0.39, 0.29) is 25.3 Å². The number of aliphatic hydroxyl groups excluding tert-OH is 1. The molecule has 1 fully saturated rings. The van der Waals surface area contributed by atoms with Crippen LogP contribution in [0.25, 0.3) is 0 Å². The minimum atomic E-state index is -0.510. The Labute approximate surface area is 163 Å². The molecular weight excluding hydrogens is 360 g/mol. The number of cyclic esters (lactones) is 1. The van der Waals surface area contributed by atoms with E-state index >= 15 is 0 Å². The predicted octanol–water partition coefficient (Wildman–Crippen LogP) is 3.09. The lowest BCUT2D eigenvalue weighted by Gasteiger charge is -2.22. The molecule has 0 aliphatic carbocycles. The van der Waals surface area contributed by atoms with E-state index in [0.29, 0.717) is 18.7 Å². The average Bonchev–Trinajstić information content (AvgIpc) is 3.25. The first-order chi connectivity index (χ1) is 13.6. The number of hydrogen-bond acceptors (Lipinski definition) is 5. The molecule has 0 aromatic heterocycles. The van der Waals surface area contributed by atoms with E-state index in [9.17, 15) is 14.7 Å². The molecule has 28 heavy (non-hydrogen) atoms. The summed E-state index contributed by atoms with van der Waals surface area (Å²) in [5.41, 5.74) is 3.40. The van der Waals surface area contributed by atoms with Crippen LogP contribution in [0.15, 0.2) is 48.5 Å². The second-order valence-electron chi connectivity index (χ2n) is 7.08. The van der Waals surface area contributed by atoms with Crippen molar-refractivity contribution >= 4 is 23.6 Å². The van der Waals surface area contributed by atoms with E-state index in [4.69, 9.17) is 9.47 Å². The first kappa shape index (κ1) is 18.3. The van der Waals surface area contributed by atoms with Gasteiger partial charge in [0.25, 0.3) is 0 Å². The highest BCUT2D eigenvalue weighted by Crippen LogP contribution is 2.36. The van der Waals surface area contributed by atoms with Crippen molar-refractivity contribution in [2.75, 3.05) is 23.0 Å². The molecule has 2 aliphatic rings. The van der Waals surface area contributed by atoms with Crippen LogP contribution in [0.5, 0.6) is 0 Å². The van der Waals surface area contributed by atoms with Gasteiger partial charge in [-0.3, -0.25) is 9.80 Å². The fraction of sp³-hybridized carbons (Fsp3) is 0.333. The van der Waals surface area contributed by atoms with Crippen molar-refractivity contribution in [1.82, 2.24) is 0 Å². The van der Waals surface area contributed by atoms with Crippen LogP contribution in [-0.4, -0.2) is 42.6 Å². The molecule has 2 amide bonds. The van der Waals surface area contributed by atoms with Crippen molar-refractivity contribution < 1.29 is 24.2 Å². The van der Waals surface area contributed by atoms with Crippen molar-refractivity contribution in [2.45, 2.75) is 32.1 Å². The molecule has 0 spiro atoms. The SMILES string of the molecule is C[C@H]1Cc2cc(N3C[C@H](CO)OC3=O)ccc2N1C(=O)OCc1ccccc1. The van der Waals surface area contributed by atoms with E-state index in [2.05, 4.69) is 0 Å². The van der Waals surface area contributed by atoms with E-state index in [0.717, 1.165) is 16.8 Å². The van der Waals surface area contributed by atoms with E-state index in [1.807, 2.05) is 49.4 Å². The molecule has 4 rings (SSSR count). The Morgan fingerprint density at radius 3 is 2.75 bits per heavy atom. The van der Waals surface area contributed by atoms with Gasteiger partial charge in [-0.15, -0.1) is 0 Å². The summed E-state index contributed by atoms with van der Waals surface area (Å²) < 4.78 is 10.6. The zero-order chi connectivity index (χ0) is 19.7. The second kappa shape index (κ2) is 7.52. The van der Waals surface area contributed by atoms with Crippen LogP contribution in [0.3, 0.4) is 0 Å². The molecule has 7 nitrogen and oxygen atoms in total. The predicted molar refractivity (Wildman–Crippen MR) is 103 cm³/mol. The summed E-state index contributed by atoms with van der Waals surface area (Å²) in [6.07, 6.45) is -0.687. The first-order valence-electron chi connectivity index (χ1n) is 9.28. The van der Waals surface area contributed by atoms with Crippen LogP contribution >= 0.6 is 0 Å². The number of carbonyl (C=O) groups excluding carboxylic acids is 2. The molecule has 2 aromatic carbocycles. The summed E-state index contributed by atoms with van der Waals surface area (Å²) >= 11 is 0. The molecular formula is C21H22N2O5. The Morgan fingerprint density at radius 2 is 2.04 bits per heavy atom. The summed E-state index contributed by atoms with van der Waals surface area (Å²) in [4.78, 5) is 27.8. The third kappa shape index (κ3) is 3.41. The Morgan fingerprint density at radius 1 is 1.25 bits per heavy atom. The van der Waals surface area contributed by atoms with Crippen LogP contribution in [0.1, 0.15) is 18.1 Å². The lowest BCUT2D eigenvalue weighted by Crippen LogP contribution is -2.36. The third-order valence-electron chi connectivity index (χ3n) is 5.07. The summed E-state index contributed by atoms with van der Waals surface area (Å²) in [6.45, 7) is 2.30. The number of nitrogens with zero attached hydrogens (tertiary/aromatic N) is 2. The Hall–Kier alpha value is -3.06. The van der Waals surface area contributed by atoms with Gasteiger partial charge in [0, 0.05) is 11.7 Å². The van der Waals surface area contributed by atoms with Gasteiger partial charge in [-0.05, 0) is 42.7 Å². The number of fused-ring (bicyclic) bond motifs is 1. The second-order valence-corrected chi connectivity index (χ2v) is 7.08. The van der Waals surface area contributed by atoms with Crippen molar-refractivity contribution in [2.24, 2.45) is 0 Å². The first-order valence-corrected chi connectivity index (χ1v) is 9.28. The lowest BCUT2D eigenvalue weighted by molar-refractivity contribution is 0.0963. The number of carbonyl (C=O) groups is 2. The summed E-state index contributed by atoms with van der Waals surface area (Å²) in [6, 6.07) is 15.0. The fourth-order valence-corrected chi connectivity index (χ4v) is 3.68. The topological polar surface area (TPSA) is 79.3 Å². The lowest BCUT2D eigenvalue weighted by atomic mass is 10.1. The zero-order valence-electron chi connectivity index (χ0n) is 15.6. The number of anilines is 2. The molecule has 7 heteroatoms. The van der Waals surface area contributed by atoms with Crippen LogP contribution in [-0.2, 0) is 22.5 Å². The smallest absolute Gasteiger partial charge is 0.414 e. The Bertz CT molecular complexity index is 886. The van der Waals surface area contributed by atoms with Crippen molar-refractivity contribution in [3.63, 3.8) is 0 Å². The van der Waals surface area contributed by atoms with E-state index in [1.54, 1.807) is 11.0 Å². The minimum absolute atomic E-state index is 0.0377. The molecule has 146 valence electrons. The van der Waals surface area contributed by atoms with E-state index in [1.165, 1.54) is 4.90 Å². The Balaban J connectivity index is 1.49. The summed E-state index contributed by atoms with van der Waals surface area (Å²) in [5, 5.41) is 9.20. The standard InChI is InChI=1S/C21H22N2O5/c1-14-9-16-10-17(22-11-18(12-24)28-20(22)25)7-8-19(16)23(14)21(26)27-13-15-5-3-2-4-6-15/h2-8,10,14,18,24H,9,11-13H2,1H3/t14-,18+/m0/s1. The summed E-state index contributed by atoms with van der Waals surface area (Å²) in [5.74, 6) is 0. The van der Waals surface area contributed by atoms with Gasteiger partial charge in [0.2, 0.25) is 0 Å². The third-order valence-corrected chi connectivity index (χ3v) is 5.07. The quantitative estimate of drug-likeness (QED) is 0.879. The molecule has 0 bridgehead atoms. The van der Waals surface area contributed by atoms with Gasteiger partial charge in [0.05, 0.1) is 18.8 Å². The largest absolute Gasteiger partial charge is 0.444 e. The van der Waals surface area contributed by atoms with Crippen LogP contribution in [0.4, 0.5) is 21.0 Å². The number of benzene rings is 2. The number of aliphatic hydroxyl groups is 1. The fourth-order valence-electron chi connectivity index (χ4n) is 3.68. The maximum absolute atomic E-state index is 12.7. The molecule has 1 N–H and O–H groups in total. The maximum atomic E-state index is 12.7. The average molecular weight is 382 g/mol. The van der Waals surface area contributed by atoms with Gasteiger partial charge >= 0.3 is 12.2 Å². The van der Waals surface area contributed by atoms with Crippen molar-refractivity contribution in [1.29, 1.82) is 0 Å². The number of rotatable bonds is 4. The van der Waals surface area contributed by atoms with Gasteiger partial charge in [-0.25, -0.2) is 9.59 Å². The van der Waals surface area contributed by atoms with Gasteiger partial charge in [-0.1, -0.05) is 30.3 Å². The number of ether oxygens (including phenoxy) is 2. The maximum Gasteiger partial charge on any atom is 0.414 e. The molecule has 0 radical (unpaired) electrons. The van der Waals surface area contributed by atoms with Crippen molar-refractivity contribution in [3.05, 3.63) is 59.7 Å². The molecule has 2 aliphatic heterocycles. The van der Waals surface area contributed by atoms with Crippen LogP contribution in [0, 0.1) is 0 Å². The van der Waals surface area contributed by atoms with Gasteiger partial charge in [0.15, 0.2) is 0 Å². The summed E-state index contributed by atoms with van der Waals surface area (Å²) in [7, 11) is 0. The molecule has 2 aromatic rings. The highest BCUT2D eigenvalue weighted by molar-refractivity contribution is 5.94. The van der Waals surface area contributed by atoms with Gasteiger partial charge in [-0.2, -0.15) is 0 Å². The molecule has 1 saturated heterocycles. The molecule has 0 saturated carbocycles. The minimum Gasteiger partial charge on any atom is -0.444 e. The Kier molecular flexibility index (Phi) is 4.92. The molecule has 2 atom stereocenters. The van der Waals surface area contributed by atoms with Gasteiger partial charge < -0.3 is 14.6 Å². The van der Waals surface area contributed by atoms with Crippen LogP contribution in [0.2, 0.25) is 0 Å². The highest BCUT2D eigenvalue weighted by atomic mass is 16.6. The molecule has 0 unspecified atom stereocenters. The highest BCUT2D eigenvalue weighted by Gasteiger charge is 2.35. The normalized spacial score (nSPS) is 20.9. The van der Waals surface area contributed by atoms with E-state index < -0.39 is 12.2 Å². The number of amides is 2. The van der Waals surface area contributed by atoms with Gasteiger partial charge in [0.1, 0.15) is 12.7 Å². The zero-order valence-corrected chi connectivity index (χ0v) is 15.6. The number of hydrogen-bond donors (Lipinski definition) is 1.